The Morgan fingerprint density at radius 3 is 2.50 bits per heavy atom. The summed E-state index contributed by atoms with van der Waals surface area (Å²) in [7, 11) is 0. The Kier molecular flexibility index (Phi) is 4.50. The van der Waals surface area contributed by atoms with E-state index in [2.05, 4.69) is 5.32 Å². The molecule has 7 nitrogen and oxygen atoms in total. The molecule has 0 aliphatic heterocycles. The van der Waals surface area contributed by atoms with Gasteiger partial charge in [-0.15, -0.1) is 0 Å². The van der Waals surface area contributed by atoms with Gasteiger partial charge in [-0.3, -0.25) is 19.2 Å². The molecular weight excluding hydrogens is 240 g/mol. The number of carboxylic acids is 1. The summed E-state index contributed by atoms with van der Waals surface area (Å²) in [5.74, 6) is -3.01. The molecule has 0 heterocycles. The van der Waals surface area contributed by atoms with Gasteiger partial charge in [0.25, 0.3) is 0 Å². The van der Waals surface area contributed by atoms with Gasteiger partial charge < -0.3 is 16.2 Å². The molecule has 0 radical (unpaired) electrons. The quantitative estimate of drug-likeness (QED) is 0.420. The van der Waals surface area contributed by atoms with Crippen molar-refractivity contribution in [2.75, 3.05) is 0 Å². The number of carbonyl (C=O) groups excluding carboxylic acids is 3. The monoisotopic (exact) mass is 252 g/mol. The zero-order valence-electron chi connectivity index (χ0n) is 9.38. The van der Waals surface area contributed by atoms with Gasteiger partial charge in [0.2, 0.25) is 17.5 Å². The number of nitrogens with one attached hydrogen (secondary N) is 1. The highest BCUT2D eigenvalue weighted by atomic mass is 16.4. The first-order valence-corrected chi connectivity index (χ1v) is 5.16. The second kappa shape index (κ2) is 5.87. The maximum absolute atomic E-state index is 11.4. The third kappa shape index (κ3) is 3.95. The fourth-order valence-corrected chi connectivity index (χ4v) is 1.22. The Morgan fingerprint density at radius 1 is 1.28 bits per heavy atom. The largest absolute Gasteiger partial charge is 0.480 e. The van der Waals surface area contributed by atoms with Crippen molar-refractivity contribution < 1.29 is 24.3 Å². The number of hydrogen-bond donors (Lipinski definition) is 3. The third-order valence-corrected chi connectivity index (χ3v) is 2.23. The Hall–Kier alpha value is -2.28. The smallest absolute Gasteiger partial charge is 0.320 e. The van der Waals surface area contributed by atoms with Gasteiger partial charge in [0.1, 0.15) is 6.04 Å². The van der Waals surface area contributed by atoms with Gasteiger partial charge in [0, 0.05) is 18.2 Å². The number of rotatable bonds is 5. The molecule has 0 aromatic heterocycles. The van der Waals surface area contributed by atoms with E-state index in [1.807, 2.05) is 0 Å². The first kappa shape index (κ1) is 13.8. The van der Waals surface area contributed by atoms with Crippen molar-refractivity contribution in [3.8, 4) is 0 Å². The summed E-state index contributed by atoms with van der Waals surface area (Å²) in [6.07, 6.45) is 3.28. The molecule has 0 saturated carbocycles. The van der Waals surface area contributed by atoms with E-state index in [4.69, 9.17) is 10.8 Å². The molecule has 18 heavy (non-hydrogen) atoms. The van der Waals surface area contributed by atoms with Gasteiger partial charge in [0.05, 0.1) is 0 Å². The minimum absolute atomic E-state index is 0.00889. The molecule has 1 atom stereocenters. The molecule has 96 valence electrons. The molecule has 1 aliphatic rings. The second-order valence-electron chi connectivity index (χ2n) is 3.69. The molecule has 0 aromatic carbocycles. The lowest BCUT2D eigenvalue weighted by atomic mass is 10.1. The molecule has 1 unspecified atom stereocenters. The van der Waals surface area contributed by atoms with E-state index in [0.717, 1.165) is 12.2 Å². The summed E-state index contributed by atoms with van der Waals surface area (Å²) in [6, 6.07) is -1.10. The zero-order valence-corrected chi connectivity index (χ0v) is 9.38. The first-order valence-electron chi connectivity index (χ1n) is 5.16. The molecule has 0 bridgehead atoms. The zero-order chi connectivity index (χ0) is 13.7. The topological polar surface area (TPSA) is 127 Å². The van der Waals surface area contributed by atoms with Crippen molar-refractivity contribution in [2.45, 2.75) is 18.9 Å². The summed E-state index contributed by atoms with van der Waals surface area (Å²) >= 11 is 0. The van der Waals surface area contributed by atoms with Crippen LogP contribution >= 0.6 is 0 Å². The van der Waals surface area contributed by atoms with Gasteiger partial charge in [-0.25, -0.2) is 0 Å². The van der Waals surface area contributed by atoms with Crippen LogP contribution in [-0.4, -0.2) is 34.6 Å². The van der Waals surface area contributed by atoms with Crippen LogP contribution in [0, 0.1) is 0 Å². The van der Waals surface area contributed by atoms with Gasteiger partial charge in [-0.2, -0.15) is 0 Å². The Labute approximate surface area is 102 Å². The maximum Gasteiger partial charge on any atom is 0.320 e. The van der Waals surface area contributed by atoms with Crippen LogP contribution in [0.15, 0.2) is 23.9 Å². The molecule has 0 spiro atoms. The highest BCUT2D eigenvalue weighted by molar-refractivity contribution is 6.46. The third-order valence-electron chi connectivity index (χ3n) is 2.23. The number of aliphatic carboxylic acids is 1. The minimum Gasteiger partial charge on any atom is -0.480 e. The van der Waals surface area contributed by atoms with Crippen molar-refractivity contribution in [1.82, 2.24) is 5.32 Å². The van der Waals surface area contributed by atoms with E-state index in [1.54, 1.807) is 0 Å². The van der Waals surface area contributed by atoms with Gasteiger partial charge in [-0.05, 0) is 18.6 Å². The molecule has 1 aliphatic carbocycles. The first-order chi connectivity index (χ1) is 8.40. The fourth-order valence-electron chi connectivity index (χ4n) is 1.22. The average molecular weight is 252 g/mol. The van der Waals surface area contributed by atoms with Crippen LogP contribution in [0.25, 0.3) is 0 Å². The molecule has 1 amide bonds. The van der Waals surface area contributed by atoms with E-state index in [0.29, 0.717) is 0 Å². The predicted molar refractivity (Wildman–Crippen MR) is 60.2 cm³/mol. The predicted octanol–water partition coefficient (Wildman–Crippen LogP) is -1.11. The van der Waals surface area contributed by atoms with Gasteiger partial charge in [0.15, 0.2) is 0 Å². The van der Waals surface area contributed by atoms with Crippen LogP contribution in [0.2, 0.25) is 0 Å². The minimum atomic E-state index is -1.18. The SMILES string of the molecule is NC(CCC(=O)NC1=CC(=O)C(=O)C=C1)C(=O)O. The molecular formula is C11H12N2O5. The van der Waals surface area contributed by atoms with E-state index in [9.17, 15) is 19.2 Å². The summed E-state index contributed by atoms with van der Waals surface area (Å²) in [5.41, 5.74) is 5.43. The van der Waals surface area contributed by atoms with E-state index in [1.165, 1.54) is 6.08 Å². The number of carboxylic acid groups (broad SMARTS) is 1. The summed E-state index contributed by atoms with van der Waals surface area (Å²) in [5, 5.41) is 10.9. The summed E-state index contributed by atoms with van der Waals surface area (Å²) < 4.78 is 0. The van der Waals surface area contributed by atoms with Crippen LogP contribution in [0.5, 0.6) is 0 Å². The maximum atomic E-state index is 11.4. The fraction of sp³-hybridized carbons (Fsp3) is 0.273. The van der Waals surface area contributed by atoms with E-state index < -0.39 is 29.5 Å². The van der Waals surface area contributed by atoms with Gasteiger partial charge in [-0.1, -0.05) is 0 Å². The van der Waals surface area contributed by atoms with Crippen LogP contribution in [0.3, 0.4) is 0 Å². The number of amides is 1. The highest BCUT2D eigenvalue weighted by Crippen LogP contribution is 2.03. The molecule has 1 rings (SSSR count). The average Bonchev–Trinajstić information content (AvgIpc) is 2.30. The van der Waals surface area contributed by atoms with Crippen LogP contribution in [-0.2, 0) is 19.2 Å². The summed E-state index contributed by atoms with van der Waals surface area (Å²) in [6.45, 7) is 0. The second-order valence-corrected chi connectivity index (χ2v) is 3.69. The van der Waals surface area contributed by atoms with Crippen LogP contribution in [0.1, 0.15) is 12.8 Å². The normalized spacial score (nSPS) is 16.2. The molecule has 4 N–H and O–H groups in total. The van der Waals surface area contributed by atoms with E-state index in [-0.39, 0.29) is 18.5 Å². The van der Waals surface area contributed by atoms with E-state index >= 15 is 0 Å². The summed E-state index contributed by atoms with van der Waals surface area (Å²) in [4.78, 5) is 43.7. The number of hydrogen-bond acceptors (Lipinski definition) is 5. The number of allylic oxidation sites excluding steroid dienone is 3. The lowest BCUT2D eigenvalue weighted by molar-refractivity contribution is -0.138. The lowest BCUT2D eigenvalue weighted by Gasteiger charge is -2.09. The van der Waals surface area contributed by atoms with Crippen molar-refractivity contribution in [1.29, 1.82) is 0 Å². The van der Waals surface area contributed by atoms with Gasteiger partial charge >= 0.3 is 5.97 Å². The Bertz CT molecular complexity index is 464. The van der Waals surface area contributed by atoms with Crippen molar-refractivity contribution in [2.24, 2.45) is 5.73 Å². The van der Waals surface area contributed by atoms with Crippen molar-refractivity contribution in [3.63, 3.8) is 0 Å². The molecule has 0 saturated heterocycles. The highest BCUT2D eigenvalue weighted by Gasteiger charge is 2.16. The number of carbonyl (C=O) groups is 4. The number of nitrogens with two attached hydrogens (primary N) is 1. The Balaban J connectivity index is 2.44. The van der Waals surface area contributed by atoms with Crippen LogP contribution in [0.4, 0.5) is 0 Å². The standard InChI is InChI=1S/C11H12N2O5/c12-7(11(17)18)2-4-10(16)13-6-1-3-8(14)9(15)5-6/h1,3,5,7H,2,4,12H2,(H,13,16)(H,17,18). The molecule has 0 aromatic rings. The van der Waals surface area contributed by atoms with Crippen LogP contribution < -0.4 is 11.1 Å². The molecule has 7 heteroatoms. The number of ketones is 2. The lowest BCUT2D eigenvalue weighted by Crippen LogP contribution is -2.32. The molecule has 0 fully saturated rings. The van der Waals surface area contributed by atoms with Crippen molar-refractivity contribution >= 4 is 23.4 Å². The Morgan fingerprint density at radius 2 is 1.94 bits per heavy atom. The van der Waals surface area contributed by atoms with Crippen molar-refractivity contribution in [3.05, 3.63) is 23.9 Å².